The van der Waals surface area contributed by atoms with Gasteiger partial charge < -0.3 is 14.5 Å². The molecule has 1 aromatic carbocycles. The number of rotatable bonds is 5. The van der Waals surface area contributed by atoms with Crippen molar-refractivity contribution < 1.29 is 13.9 Å². The zero-order valence-electron chi connectivity index (χ0n) is 12.6. The van der Waals surface area contributed by atoms with Gasteiger partial charge in [-0.3, -0.25) is 4.79 Å². The van der Waals surface area contributed by atoms with Crippen LogP contribution in [0.3, 0.4) is 0 Å². The molecule has 0 aliphatic rings. The summed E-state index contributed by atoms with van der Waals surface area (Å²) in [4.78, 5) is 16.1. The van der Waals surface area contributed by atoms with Crippen LogP contribution in [0.1, 0.15) is 16.3 Å². The number of pyridine rings is 1. The number of carbonyl (C=O) groups is 1. The summed E-state index contributed by atoms with van der Waals surface area (Å²) in [6.07, 6.45) is 1.44. The predicted molar refractivity (Wildman–Crippen MR) is 96.7 cm³/mol. The van der Waals surface area contributed by atoms with Gasteiger partial charge in [0.15, 0.2) is 5.76 Å². The third kappa shape index (κ3) is 4.66. The number of hydrogen-bond acceptors (Lipinski definition) is 4. The van der Waals surface area contributed by atoms with Crippen molar-refractivity contribution in [2.24, 2.45) is 0 Å². The minimum Gasteiger partial charge on any atom is -0.484 e. The molecule has 2 aromatic heterocycles. The highest BCUT2D eigenvalue weighted by molar-refractivity contribution is 6.34. The number of nitrogens with zero attached hydrogens (tertiary/aromatic N) is 1. The Kier molecular flexibility index (Phi) is 5.48. The highest BCUT2D eigenvalue weighted by atomic mass is 35.5. The minimum absolute atomic E-state index is 0.104. The fraction of sp³-hybridized carbons (Fsp3) is 0.0588. The molecule has 0 aliphatic carbocycles. The smallest absolute Gasteiger partial charge is 0.292 e. The number of benzene rings is 1. The summed E-state index contributed by atoms with van der Waals surface area (Å²) in [5, 5.41) is 4.03. The predicted octanol–water partition coefficient (Wildman–Crippen LogP) is 5.47. The highest BCUT2D eigenvalue weighted by Gasteiger charge is 2.13. The number of halogens is 3. The van der Waals surface area contributed by atoms with Crippen molar-refractivity contribution in [2.75, 3.05) is 5.32 Å². The molecule has 0 bridgehead atoms. The second-order valence-electron chi connectivity index (χ2n) is 4.95. The first kappa shape index (κ1) is 17.6. The normalized spacial score (nSPS) is 10.5. The first-order valence-electron chi connectivity index (χ1n) is 7.11. The van der Waals surface area contributed by atoms with E-state index in [1.165, 1.54) is 6.20 Å². The van der Waals surface area contributed by atoms with Crippen molar-refractivity contribution in [3.63, 3.8) is 0 Å². The Morgan fingerprint density at radius 3 is 2.64 bits per heavy atom. The average molecular weight is 398 g/mol. The molecule has 1 amide bonds. The molecule has 128 valence electrons. The van der Waals surface area contributed by atoms with Crippen molar-refractivity contribution in [1.82, 2.24) is 4.98 Å². The summed E-state index contributed by atoms with van der Waals surface area (Å²) in [6, 6.07) is 11.3. The largest absolute Gasteiger partial charge is 0.484 e. The fourth-order valence-electron chi connectivity index (χ4n) is 1.94. The van der Waals surface area contributed by atoms with Gasteiger partial charge in [0.1, 0.15) is 23.9 Å². The standard InChI is InChI=1S/C17H11Cl3N2O3/c18-10-1-4-13(20)15(7-10)24-9-12-3-5-14(25-12)17(23)22-16-6-2-11(19)8-21-16/h1-8H,9H2,(H,21,22,23). The number of hydrogen-bond donors (Lipinski definition) is 1. The highest BCUT2D eigenvalue weighted by Crippen LogP contribution is 2.28. The molecule has 3 aromatic rings. The molecule has 0 spiro atoms. The second kappa shape index (κ2) is 7.78. The number of nitrogens with one attached hydrogen (secondary N) is 1. The van der Waals surface area contributed by atoms with Crippen LogP contribution in [-0.2, 0) is 6.61 Å². The van der Waals surface area contributed by atoms with E-state index in [1.54, 1.807) is 42.5 Å². The van der Waals surface area contributed by atoms with Crippen molar-refractivity contribution in [2.45, 2.75) is 6.61 Å². The van der Waals surface area contributed by atoms with Crippen LogP contribution in [0.5, 0.6) is 5.75 Å². The first-order valence-corrected chi connectivity index (χ1v) is 8.24. The molecule has 0 saturated heterocycles. The van der Waals surface area contributed by atoms with Crippen LogP contribution < -0.4 is 10.1 Å². The van der Waals surface area contributed by atoms with Crippen LogP contribution in [-0.4, -0.2) is 10.9 Å². The second-order valence-corrected chi connectivity index (χ2v) is 6.23. The van der Waals surface area contributed by atoms with Gasteiger partial charge in [0.25, 0.3) is 5.91 Å². The fourth-order valence-corrected chi connectivity index (χ4v) is 2.39. The Bertz CT molecular complexity index is 894. The maximum Gasteiger partial charge on any atom is 0.292 e. The van der Waals surface area contributed by atoms with Crippen LogP contribution in [0, 0.1) is 0 Å². The van der Waals surface area contributed by atoms with Gasteiger partial charge in [0, 0.05) is 17.3 Å². The summed E-state index contributed by atoms with van der Waals surface area (Å²) in [7, 11) is 0. The third-order valence-electron chi connectivity index (χ3n) is 3.12. The first-order chi connectivity index (χ1) is 12.0. The van der Waals surface area contributed by atoms with Gasteiger partial charge in [-0.1, -0.05) is 34.8 Å². The molecule has 0 fully saturated rings. The lowest BCUT2D eigenvalue weighted by atomic mass is 10.3. The van der Waals surface area contributed by atoms with Crippen LogP contribution in [0.15, 0.2) is 53.1 Å². The lowest BCUT2D eigenvalue weighted by Gasteiger charge is -2.06. The summed E-state index contributed by atoms with van der Waals surface area (Å²) >= 11 is 17.7. The van der Waals surface area contributed by atoms with Crippen LogP contribution >= 0.6 is 34.8 Å². The molecular formula is C17H11Cl3N2O3. The Balaban J connectivity index is 1.62. The van der Waals surface area contributed by atoms with Gasteiger partial charge in [-0.25, -0.2) is 4.98 Å². The van der Waals surface area contributed by atoms with Crippen molar-refractivity contribution >= 4 is 46.5 Å². The molecule has 8 heteroatoms. The molecule has 0 aliphatic heterocycles. The Morgan fingerprint density at radius 1 is 1.08 bits per heavy atom. The number of anilines is 1. The van der Waals surface area contributed by atoms with Crippen LogP contribution in [0.2, 0.25) is 15.1 Å². The Hall–Kier alpha value is -2.21. The molecule has 2 heterocycles. The lowest BCUT2D eigenvalue weighted by Crippen LogP contribution is -2.11. The van der Waals surface area contributed by atoms with Gasteiger partial charge in [-0.15, -0.1) is 0 Å². The molecule has 1 N–H and O–H groups in total. The molecule has 0 saturated carbocycles. The number of furan rings is 1. The van der Waals surface area contributed by atoms with E-state index in [-0.39, 0.29) is 12.4 Å². The molecule has 5 nitrogen and oxygen atoms in total. The Labute approximate surface area is 158 Å². The molecule has 0 atom stereocenters. The van der Waals surface area contributed by atoms with E-state index in [1.807, 2.05) is 0 Å². The minimum atomic E-state index is -0.429. The SMILES string of the molecule is O=C(Nc1ccc(Cl)cn1)c1ccc(COc2cc(Cl)ccc2Cl)o1. The number of aromatic nitrogens is 1. The van der Waals surface area contributed by atoms with E-state index >= 15 is 0 Å². The van der Waals surface area contributed by atoms with Gasteiger partial charge in [-0.2, -0.15) is 0 Å². The van der Waals surface area contributed by atoms with E-state index < -0.39 is 5.91 Å². The monoisotopic (exact) mass is 396 g/mol. The average Bonchev–Trinajstić information content (AvgIpc) is 3.07. The van der Waals surface area contributed by atoms with Crippen LogP contribution in [0.25, 0.3) is 0 Å². The molecule has 3 rings (SSSR count). The maximum absolute atomic E-state index is 12.1. The summed E-state index contributed by atoms with van der Waals surface area (Å²) in [5.41, 5.74) is 0. The van der Waals surface area contributed by atoms with E-state index in [0.717, 1.165) is 0 Å². The summed E-state index contributed by atoms with van der Waals surface area (Å²) in [6.45, 7) is 0.104. The third-order valence-corrected chi connectivity index (χ3v) is 3.89. The molecule has 25 heavy (non-hydrogen) atoms. The number of carbonyl (C=O) groups excluding carboxylic acids is 1. The van der Waals surface area contributed by atoms with E-state index in [2.05, 4.69) is 10.3 Å². The zero-order chi connectivity index (χ0) is 17.8. The van der Waals surface area contributed by atoms with Crippen molar-refractivity contribution in [3.05, 3.63) is 75.2 Å². The van der Waals surface area contributed by atoms with E-state index in [0.29, 0.717) is 32.4 Å². The van der Waals surface area contributed by atoms with E-state index in [9.17, 15) is 4.79 Å². The van der Waals surface area contributed by atoms with Crippen LogP contribution in [0.4, 0.5) is 5.82 Å². The molecule has 0 unspecified atom stereocenters. The summed E-state index contributed by atoms with van der Waals surface area (Å²) in [5.74, 6) is 0.968. The quantitative estimate of drug-likeness (QED) is 0.620. The van der Waals surface area contributed by atoms with Gasteiger partial charge in [-0.05, 0) is 36.4 Å². The Morgan fingerprint density at radius 2 is 1.88 bits per heavy atom. The van der Waals surface area contributed by atoms with Gasteiger partial charge in [0.2, 0.25) is 0 Å². The molecular weight excluding hydrogens is 387 g/mol. The lowest BCUT2D eigenvalue weighted by molar-refractivity contribution is 0.0992. The topological polar surface area (TPSA) is 64.4 Å². The van der Waals surface area contributed by atoms with E-state index in [4.69, 9.17) is 44.0 Å². The maximum atomic E-state index is 12.1. The number of ether oxygens (including phenoxy) is 1. The zero-order valence-corrected chi connectivity index (χ0v) is 14.9. The van der Waals surface area contributed by atoms with Gasteiger partial charge >= 0.3 is 0 Å². The summed E-state index contributed by atoms with van der Waals surface area (Å²) < 4.78 is 11.0. The number of amides is 1. The van der Waals surface area contributed by atoms with Crippen molar-refractivity contribution in [1.29, 1.82) is 0 Å². The molecule has 0 radical (unpaired) electrons. The van der Waals surface area contributed by atoms with Gasteiger partial charge in [0.05, 0.1) is 10.0 Å². The van der Waals surface area contributed by atoms with Crippen molar-refractivity contribution in [3.8, 4) is 5.75 Å².